The van der Waals surface area contributed by atoms with Gasteiger partial charge in [-0.25, -0.2) is 0 Å². The van der Waals surface area contributed by atoms with Crippen molar-refractivity contribution in [1.82, 2.24) is 5.32 Å². The maximum atomic E-state index is 12.6. The molecule has 2 heterocycles. The summed E-state index contributed by atoms with van der Waals surface area (Å²) in [6.45, 7) is 2.50. The first-order valence-electron chi connectivity index (χ1n) is 10.6. The molecule has 2 aliphatic heterocycles. The van der Waals surface area contributed by atoms with Crippen LogP contribution in [0.1, 0.15) is 18.4 Å². The maximum Gasteiger partial charge on any atom is 0.573 e. The molecular formula is C24H23F6N3OS. The number of benzene rings is 3. The van der Waals surface area contributed by atoms with Crippen molar-refractivity contribution in [3.05, 3.63) is 72.3 Å². The molecule has 4 N–H and O–H groups in total. The van der Waals surface area contributed by atoms with E-state index >= 15 is 0 Å². The van der Waals surface area contributed by atoms with Crippen LogP contribution in [-0.2, 0) is 6.18 Å². The van der Waals surface area contributed by atoms with Gasteiger partial charge in [0.1, 0.15) is 5.75 Å². The van der Waals surface area contributed by atoms with Gasteiger partial charge in [0.05, 0.1) is 16.9 Å². The van der Waals surface area contributed by atoms with E-state index in [1.54, 1.807) is 0 Å². The van der Waals surface area contributed by atoms with Gasteiger partial charge in [-0.05, 0) is 80.5 Å². The number of anilines is 3. The van der Waals surface area contributed by atoms with Gasteiger partial charge in [0, 0.05) is 15.5 Å². The zero-order valence-electron chi connectivity index (χ0n) is 18.3. The van der Waals surface area contributed by atoms with E-state index in [1.165, 1.54) is 55.9 Å². The summed E-state index contributed by atoms with van der Waals surface area (Å²) < 4.78 is 76.2. The van der Waals surface area contributed by atoms with Gasteiger partial charge in [-0.3, -0.25) is 0 Å². The van der Waals surface area contributed by atoms with E-state index in [1.807, 2.05) is 24.3 Å². The molecule has 35 heavy (non-hydrogen) atoms. The van der Waals surface area contributed by atoms with E-state index in [0.29, 0.717) is 11.4 Å². The van der Waals surface area contributed by atoms with Gasteiger partial charge in [0.15, 0.2) is 0 Å². The lowest BCUT2D eigenvalue weighted by atomic mass is 10.2. The highest BCUT2D eigenvalue weighted by Gasteiger charge is 2.32. The van der Waals surface area contributed by atoms with Crippen molar-refractivity contribution in [2.45, 2.75) is 35.2 Å². The van der Waals surface area contributed by atoms with E-state index in [2.05, 4.69) is 15.4 Å². The molecule has 0 amide bonds. The van der Waals surface area contributed by atoms with Crippen molar-refractivity contribution in [3.63, 3.8) is 0 Å². The van der Waals surface area contributed by atoms with Crippen LogP contribution in [0.15, 0.2) is 76.5 Å². The molecule has 188 valence electrons. The molecule has 0 radical (unpaired) electrons. The van der Waals surface area contributed by atoms with Gasteiger partial charge < -0.3 is 21.1 Å². The van der Waals surface area contributed by atoms with Crippen LogP contribution in [0.25, 0.3) is 0 Å². The molecule has 1 saturated heterocycles. The van der Waals surface area contributed by atoms with Crippen molar-refractivity contribution >= 4 is 28.8 Å². The summed E-state index contributed by atoms with van der Waals surface area (Å²) in [7, 11) is 0. The molecule has 4 nitrogen and oxygen atoms in total. The summed E-state index contributed by atoms with van der Waals surface area (Å²) in [5, 5.41) is 6.25. The molecule has 11 heteroatoms. The third-order valence-corrected chi connectivity index (χ3v) is 5.91. The Labute approximate surface area is 202 Å². The largest absolute Gasteiger partial charge is 0.573 e. The van der Waals surface area contributed by atoms with Crippen molar-refractivity contribution in [2.75, 3.05) is 24.1 Å². The molecule has 3 aromatic carbocycles. The maximum absolute atomic E-state index is 12.6. The smallest absolute Gasteiger partial charge is 0.406 e. The highest BCUT2D eigenvalue weighted by Crippen LogP contribution is 2.45. The van der Waals surface area contributed by atoms with E-state index in [0.717, 1.165) is 39.7 Å². The Morgan fingerprint density at radius 2 is 1.40 bits per heavy atom. The van der Waals surface area contributed by atoms with Crippen LogP contribution in [-0.4, -0.2) is 19.5 Å². The number of rotatable bonds is 1. The predicted octanol–water partition coefficient (Wildman–Crippen LogP) is 7.45. The van der Waals surface area contributed by atoms with Gasteiger partial charge >= 0.3 is 12.5 Å². The lowest BCUT2D eigenvalue weighted by molar-refractivity contribution is -0.274. The Morgan fingerprint density at radius 3 is 1.97 bits per heavy atom. The van der Waals surface area contributed by atoms with Crippen LogP contribution in [0.3, 0.4) is 0 Å². The second kappa shape index (κ2) is 11.6. The number of alkyl halides is 6. The zero-order chi connectivity index (χ0) is 25.5. The zero-order valence-corrected chi connectivity index (χ0v) is 19.2. The van der Waals surface area contributed by atoms with Gasteiger partial charge in [0.25, 0.3) is 0 Å². The molecule has 1 fully saturated rings. The van der Waals surface area contributed by atoms with Crippen molar-refractivity contribution < 1.29 is 31.1 Å². The molecule has 3 aromatic rings. The number of hydrogen-bond acceptors (Lipinski definition) is 5. The van der Waals surface area contributed by atoms with Crippen molar-refractivity contribution in [3.8, 4) is 5.75 Å². The average Bonchev–Trinajstić information content (AvgIpc) is 3.38. The number of nitrogens with one attached hydrogen (secondary N) is 2. The van der Waals surface area contributed by atoms with Gasteiger partial charge in [-0.2, -0.15) is 13.2 Å². The number of fused-ring (bicyclic) bond motifs is 2. The molecule has 2 aliphatic rings. The Kier molecular flexibility index (Phi) is 8.79. The Hall–Kier alpha value is -3.05. The normalized spacial score (nSPS) is 14.2. The Balaban J connectivity index is 0.000000173. The van der Waals surface area contributed by atoms with Gasteiger partial charge in [-0.1, -0.05) is 23.9 Å². The first-order chi connectivity index (χ1) is 16.5. The van der Waals surface area contributed by atoms with E-state index < -0.39 is 18.1 Å². The van der Waals surface area contributed by atoms with E-state index in [4.69, 9.17) is 5.73 Å². The SMILES string of the molecule is C1CCNC1.FC(F)(F)c1ccc2c(c1)Nc1ccccc1S2.Nc1ccc(OC(F)(F)F)cc1. The highest BCUT2D eigenvalue weighted by atomic mass is 32.2. The molecule has 5 rings (SSSR count). The van der Waals surface area contributed by atoms with Crippen LogP contribution in [0.4, 0.5) is 43.4 Å². The predicted molar refractivity (Wildman–Crippen MR) is 125 cm³/mol. The highest BCUT2D eigenvalue weighted by molar-refractivity contribution is 7.99. The summed E-state index contributed by atoms with van der Waals surface area (Å²) in [5.41, 5.74) is 6.37. The number of ether oxygens (including phenoxy) is 1. The molecule has 0 saturated carbocycles. The molecule has 0 bridgehead atoms. The van der Waals surface area contributed by atoms with Crippen molar-refractivity contribution in [1.29, 1.82) is 0 Å². The lowest BCUT2D eigenvalue weighted by Gasteiger charge is -2.21. The third kappa shape index (κ3) is 8.59. The minimum Gasteiger partial charge on any atom is -0.406 e. The lowest BCUT2D eigenvalue weighted by Crippen LogP contribution is -2.16. The minimum atomic E-state index is -4.64. The first kappa shape index (κ1) is 26.6. The molecule has 0 spiro atoms. The number of nitrogen functional groups attached to an aromatic ring is 1. The summed E-state index contributed by atoms with van der Waals surface area (Å²) >= 11 is 1.47. The van der Waals surface area contributed by atoms with Crippen LogP contribution in [0, 0.1) is 0 Å². The Morgan fingerprint density at radius 1 is 0.771 bits per heavy atom. The van der Waals surface area contributed by atoms with Crippen LogP contribution in [0.2, 0.25) is 0 Å². The van der Waals surface area contributed by atoms with Crippen LogP contribution in [0.5, 0.6) is 5.75 Å². The molecule has 0 atom stereocenters. The van der Waals surface area contributed by atoms with E-state index in [9.17, 15) is 26.3 Å². The Bertz CT molecular complexity index is 1090. The monoisotopic (exact) mass is 515 g/mol. The standard InChI is InChI=1S/C13H8F3NS.C7H6F3NO.C4H9N/c14-13(15,16)8-5-6-12-10(7-8)17-9-3-1-2-4-11(9)18-12;8-7(9,10)12-6-3-1-5(11)2-4-6;1-2-4-5-3-1/h1-7,17H;1-4H,11H2;5H,1-4H2. The number of halogens is 6. The van der Waals surface area contributed by atoms with Crippen LogP contribution < -0.4 is 21.1 Å². The fourth-order valence-corrected chi connectivity index (χ4v) is 4.08. The molecule has 0 unspecified atom stereocenters. The summed E-state index contributed by atoms with van der Waals surface area (Å²) in [6, 6.07) is 16.3. The van der Waals surface area contributed by atoms with E-state index in [-0.39, 0.29) is 5.75 Å². The third-order valence-electron chi connectivity index (χ3n) is 4.75. The van der Waals surface area contributed by atoms with Gasteiger partial charge in [0.2, 0.25) is 0 Å². The summed E-state index contributed by atoms with van der Waals surface area (Å²) in [6.07, 6.45) is -6.17. The fraction of sp³-hybridized carbons (Fsp3) is 0.250. The summed E-state index contributed by atoms with van der Waals surface area (Å²) in [5.74, 6) is -0.267. The van der Waals surface area contributed by atoms with Crippen molar-refractivity contribution in [2.24, 2.45) is 0 Å². The summed E-state index contributed by atoms with van der Waals surface area (Å²) in [4.78, 5) is 1.83. The minimum absolute atomic E-state index is 0.267. The van der Waals surface area contributed by atoms with Gasteiger partial charge in [-0.15, -0.1) is 13.2 Å². The molecule has 0 aliphatic carbocycles. The topological polar surface area (TPSA) is 59.3 Å². The fourth-order valence-electron chi connectivity index (χ4n) is 3.11. The molecular weight excluding hydrogens is 492 g/mol. The van der Waals surface area contributed by atoms with Crippen LogP contribution >= 0.6 is 11.8 Å². The second-order valence-corrected chi connectivity index (χ2v) is 8.59. The molecule has 0 aromatic heterocycles. The number of para-hydroxylation sites is 1. The average molecular weight is 516 g/mol. The number of nitrogens with two attached hydrogens (primary N) is 1. The first-order valence-corrected chi connectivity index (χ1v) is 11.4. The number of hydrogen-bond donors (Lipinski definition) is 3. The second-order valence-electron chi connectivity index (χ2n) is 7.51. The quantitative estimate of drug-likeness (QED) is 0.182.